The van der Waals surface area contributed by atoms with Gasteiger partial charge in [0, 0.05) is 5.41 Å². The van der Waals surface area contributed by atoms with Crippen molar-refractivity contribution in [1.82, 2.24) is 20.3 Å². The van der Waals surface area contributed by atoms with E-state index in [4.69, 9.17) is 4.52 Å². The van der Waals surface area contributed by atoms with Crippen molar-refractivity contribution in [2.75, 3.05) is 0 Å². The van der Waals surface area contributed by atoms with Crippen LogP contribution in [0.4, 0.5) is 0 Å². The van der Waals surface area contributed by atoms with Gasteiger partial charge in [0.25, 0.3) is 0 Å². The highest BCUT2D eigenvalue weighted by Crippen LogP contribution is 2.26. The molecule has 0 saturated heterocycles. The topological polar surface area (TPSA) is 64.7 Å². The van der Waals surface area contributed by atoms with Gasteiger partial charge in [0.05, 0.1) is 5.69 Å². The second kappa shape index (κ2) is 4.24. The quantitative estimate of drug-likeness (QED) is 0.813. The lowest BCUT2D eigenvalue weighted by molar-refractivity contribution is 0.302. The smallest absolute Gasteiger partial charge is 0.232 e. The first-order valence-electron chi connectivity index (χ1n) is 5.68. The molecule has 2 rings (SSSR count). The SMILES string of the molecule is CCC(C)(C)c1nc(-c2ccc(C)nn2)no1. The number of hydrogen-bond donors (Lipinski definition) is 0. The molecule has 0 radical (unpaired) electrons. The zero-order valence-corrected chi connectivity index (χ0v) is 10.6. The zero-order valence-electron chi connectivity index (χ0n) is 10.6. The summed E-state index contributed by atoms with van der Waals surface area (Å²) in [6, 6.07) is 3.72. The van der Waals surface area contributed by atoms with Crippen molar-refractivity contribution in [2.45, 2.75) is 39.5 Å². The molecule has 0 aliphatic heterocycles. The van der Waals surface area contributed by atoms with Gasteiger partial charge >= 0.3 is 0 Å². The minimum Gasteiger partial charge on any atom is -0.338 e. The summed E-state index contributed by atoms with van der Waals surface area (Å²) in [6.45, 7) is 8.13. The van der Waals surface area contributed by atoms with Crippen molar-refractivity contribution in [3.05, 3.63) is 23.7 Å². The summed E-state index contributed by atoms with van der Waals surface area (Å²) in [5.74, 6) is 1.13. The van der Waals surface area contributed by atoms with Crippen molar-refractivity contribution >= 4 is 0 Å². The fourth-order valence-electron chi connectivity index (χ4n) is 1.27. The molecule has 17 heavy (non-hydrogen) atoms. The summed E-state index contributed by atoms with van der Waals surface area (Å²) in [6.07, 6.45) is 0.939. The van der Waals surface area contributed by atoms with E-state index in [0.717, 1.165) is 12.1 Å². The Labute approximate surface area is 100 Å². The average Bonchev–Trinajstić information content (AvgIpc) is 2.80. The maximum atomic E-state index is 5.28. The Morgan fingerprint density at radius 2 is 2.00 bits per heavy atom. The normalized spacial score (nSPS) is 11.8. The van der Waals surface area contributed by atoms with E-state index in [2.05, 4.69) is 41.1 Å². The molecule has 0 amide bonds. The van der Waals surface area contributed by atoms with Crippen molar-refractivity contribution in [1.29, 1.82) is 0 Å². The molecule has 0 aromatic carbocycles. The van der Waals surface area contributed by atoms with Crippen LogP contribution >= 0.6 is 0 Å². The fourth-order valence-corrected chi connectivity index (χ4v) is 1.27. The molecule has 0 fully saturated rings. The molecule has 0 spiro atoms. The second-order valence-corrected chi connectivity index (χ2v) is 4.72. The maximum Gasteiger partial charge on any atom is 0.232 e. The minimum atomic E-state index is -0.108. The summed E-state index contributed by atoms with van der Waals surface area (Å²) >= 11 is 0. The third-order valence-corrected chi connectivity index (χ3v) is 2.92. The fraction of sp³-hybridized carbons (Fsp3) is 0.500. The van der Waals surface area contributed by atoms with E-state index in [9.17, 15) is 0 Å². The lowest BCUT2D eigenvalue weighted by Gasteiger charge is -2.15. The number of aromatic nitrogens is 4. The molecular formula is C12H16N4O. The molecule has 0 N–H and O–H groups in total. The molecular weight excluding hydrogens is 216 g/mol. The Morgan fingerprint density at radius 3 is 2.59 bits per heavy atom. The standard InChI is InChI=1S/C12H16N4O/c1-5-12(3,4)11-13-10(16-17-11)9-7-6-8(2)14-15-9/h6-7H,5H2,1-4H3. The van der Waals surface area contributed by atoms with E-state index in [1.165, 1.54) is 0 Å². The Morgan fingerprint density at radius 1 is 1.24 bits per heavy atom. The third-order valence-electron chi connectivity index (χ3n) is 2.92. The van der Waals surface area contributed by atoms with Crippen LogP contribution in [0.5, 0.6) is 0 Å². The van der Waals surface area contributed by atoms with Gasteiger partial charge in [-0.05, 0) is 25.5 Å². The first kappa shape index (κ1) is 11.7. The highest BCUT2D eigenvalue weighted by atomic mass is 16.5. The van der Waals surface area contributed by atoms with Crippen LogP contribution < -0.4 is 0 Å². The summed E-state index contributed by atoms with van der Waals surface area (Å²) in [7, 11) is 0. The van der Waals surface area contributed by atoms with Crippen LogP contribution in [0, 0.1) is 6.92 Å². The van der Waals surface area contributed by atoms with Crippen LogP contribution in [0.3, 0.4) is 0 Å². The van der Waals surface area contributed by atoms with Gasteiger partial charge in [0.2, 0.25) is 11.7 Å². The summed E-state index contributed by atoms with van der Waals surface area (Å²) in [4.78, 5) is 4.37. The zero-order chi connectivity index (χ0) is 12.5. The number of hydrogen-bond acceptors (Lipinski definition) is 5. The monoisotopic (exact) mass is 232 g/mol. The van der Waals surface area contributed by atoms with Crippen molar-refractivity contribution in [3.63, 3.8) is 0 Å². The van der Waals surface area contributed by atoms with Gasteiger partial charge in [-0.1, -0.05) is 25.9 Å². The lowest BCUT2D eigenvalue weighted by Crippen LogP contribution is -2.15. The molecule has 2 aromatic rings. The van der Waals surface area contributed by atoms with Crippen molar-refractivity contribution < 1.29 is 4.52 Å². The average molecular weight is 232 g/mol. The Bertz CT molecular complexity index is 501. The number of aryl methyl sites for hydroxylation is 1. The Hall–Kier alpha value is -1.78. The van der Waals surface area contributed by atoms with Crippen LogP contribution in [0.15, 0.2) is 16.7 Å². The van der Waals surface area contributed by atoms with Gasteiger partial charge in [-0.3, -0.25) is 0 Å². The van der Waals surface area contributed by atoms with E-state index < -0.39 is 0 Å². The molecule has 2 aromatic heterocycles. The Balaban J connectivity index is 2.33. The molecule has 2 heterocycles. The van der Waals surface area contributed by atoms with Crippen LogP contribution in [-0.2, 0) is 5.41 Å². The van der Waals surface area contributed by atoms with Gasteiger partial charge in [-0.2, -0.15) is 10.1 Å². The van der Waals surface area contributed by atoms with Crippen molar-refractivity contribution in [3.8, 4) is 11.5 Å². The predicted octanol–water partition coefficient (Wildman–Crippen LogP) is 2.52. The molecule has 90 valence electrons. The minimum absolute atomic E-state index is 0.108. The number of nitrogens with zero attached hydrogens (tertiary/aromatic N) is 4. The second-order valence-electron chi connectivity index (χ2n) is 4.72. The van der Waals surface area contributed by atoms with E-state index in [1.807, 2.05) is 19.1 Å². The molecule has 0 unspecified atom stereocenters. The van der Waals surface area contributed by atoms with Gasteiger partial charge < -0.3 is 4.52 Å². The molecule has 0 saturated carbocycles. The van der Waals surface area contributed by atoms with Crippen LogP contribution in [-0.4, -0.2) is 20.3 Å². The Kier molecular flexibility index (Phi) is 2.92. The first-order valence-corrected chi connectivity index (χ1v) is 5.68. The molecule has 0 atom stereocenters. The highest BCUT2D eigenvalue weighted by molar-refractivity contribution is 5.46. The van der Waals surface area contributed by atoms with Gasteiger partial charge in [0.1, 0.15) is 5.69 Å². The lowest BCUT2D eigenvalue weighted by atomic mass is 9.90. The van der Waals surface area contributed by atoms with Crippen molar-refractivity contribution in [2.24, 2.45) is 0 Å². The van der Waals surface area contributed by atoms with E-state index in [-0.39, 0.29) is 5.41 Å². The molecule has 0 bridgehead atoms. The molecule has 5 nitrogen and oxygen atoms in total. The molecule has 5 heteroatoms. The van der Waals surface area contributed by atoms with Gasteiger partial charge in [0.15, 0.2) is 0 Å². The van der Waals surface area contributed by atoms with Crippen LogP contribution in [0.25, 0.3) is 11.5 Å². The largest absolute Gasteiger partial charge is 0.338 e. The summed E-state index contributed by atoms with van der Waals surface area (Å²) in [5.41, 5.74) is 1.40. The molecule has 0 aliphatic carbocycles. The molecule has 0 aliphatic rings. The van der Waals surface area contributed by atoms with Gasteiger partial charge in [-0.15, -0.1) is 5.10 Å². The summed E-state index contributed by atoms with van der Waals surface area (Å²) in [5, 5.41) is 12.0. The third kappa shape index (κ3) is 2.33. The summed E-state index contributed by atoms with van der Waals surface area (Å²) < 4.78 is 5.28. The van der Waals surface area contributed by atoms with Crippen LogP contribution in [0.2, 0.25) is 0 Å². The van der Waals surface area contributed by atoms with E-state index in [1.54, 1.807) is 0 Å². The van der Waals surface area contributed by atoms with E-state index >= 15 is 0 Å². The van der Waals surface area contributed by atoms with E-state index in [0.29, 0.717) is 17.4 Å². The first-order chi connectivity index (χ1) is 8.03. The predicted molar refractivity (Wildman–Crippen MR) is 63.4 cm³/mol. The number of rotatable bonds is 3. The van der Waals surface area contributed by atoms with Crippen LogP contribution in [0.1, 0.15) is 38.8 Å². The maximum absolute atomic E-state index is 5.28. The highest BCUT2D eigenvalue weighted by Gasteiger charge is 2.26. The van der Waals surface area contributed by atoms with Gasteiger partial charge in [-0.25, -0.2) is 0 Å².